The van der Waals surface area contributed by atoms with Gasteiger partial charge in [0.1, 0.15) is 5.82 Å². The Morgan fingerprint density at radius 1 is 1.00 bits per heavy atom. The molecular formula is C12H7Cl2FO2S. The molecule has 0 spiro atoms. The van der Waals surface area contributed by atoms with Crippen LogP contribution < -0.4 is 0 Å². The number of rotatable bonds is 2. The van der Waals surface area contributed by atoms with Gasteiger partial charge in [-0.25, -0.2) is 12.8 Å². The highest BCUT2D eigenvalue weighted by atomic mass is 35.7. The first-order chi connectivity index (χ1) is 8.39. The molecule has 18 heavy (non-hydrogen) atoms. The van der Waals surface area contributed by atoms with Crippen LogP contribution >= 0.6 is 22.3 Å². The molecule has 0 saturated carbocycles. The summed E-state index contributed by atoms with van der Waals surface area (Å²) in [5.74, 6) is -0.430. The van der Waals surface area contributed by atoms with Gasteiger partial charge in [0.2, 0.25) is 0 Å². The molecule has 0 aliphatic carbocycles. The van der Waals surface area contributed by atoms with Gasteiger partial charge < -0.3 is 0 Å². The third-order valence-corrected chi connectivity index (χ3v) is 4.05. The molecule has 0 aromatic heterocycles. The normalized spacial score (nSPS) is 11.5. The average Bonchev–Trinajstić information content (AvgIpc) is 2.29. The van der Waals surface area contributed by atoms with E-state index in [0.29, 0.717) is 11.1 Å². The van der Waals surface area contributed by atoms with Crippen LogP contribution in [-0.2, 0) is 9.05 Å². The Bertz CT molecular complexity index is 699. The molecule has 6 heteroatoms. The molecule has 0 bridgehead atoms. The van der Waals surface area contributed by atoms with Crippen molar-refractivity contribution in [3.8, 4) is 11.1 Å². The summed E-state index contributed by atoms with van der Waals surface area (Å²) in [5.41, 5.74) is 0.722. The summed E-state index contributed by atoms with van der Waals surface area (Å²) in [5, 5.41) is 0.127. The molecule has 94 valence electrons. The first kappa shape index (κ1) is 13.3. The zero-order valence-corrected chi connectivity index (χ0v) is 11.2. The number of hydrogen-bond acceptors (Lipinski definition) is 2. The number of halogens is 3. The van der Waals surface area contributed by atoms with Crippen molar-refractivity contribution in [3.05, 3.63) is 53.3 Å². The van der Waals surface area contributed by atoms with Gasteiger partial charge in [0, 0.05) is 26.8 Å². The van der Waals surface area contributed by atoms with Crippen molar-refractivity contribution in [1.29, 1.82) is 0 Å². The standard InChI is InChI=1S/C12H7Cl2FO2S/c13-11-7-8(18(14,16)17)5-6-9(11)10-3-1-2-4-12(10)15/h1-7H. The predicted molar refractivity (Wildman–Crippen MR) is 69.9 cm³/mol. The van der Waals surface area contributed by atoms with Crippen LogP contribution in [-0.4, -0.2) is 8.42 Å². The Labute approximate surface area is 113 Å². The van der Waals surface area contributed by atoms with Gasteiger partial charge in [0.05, 0.1) is 4.90 Å². The lowest BCUT2D eigenvalue weighted by Crippen LogP contribution is -1.92. The summed E-state index contributed by atoms with van der Waals surface area (Å²) in [7, 11) is 1.36. The summed E-state index contributed by atoms with van der Waals surface area (Å²) >= 11 is 5.95. The van der Waals surface area contributed by atoms with Gasteiger partial charge in [-0.05, 0) is 18.2 Å². The second kappa shape index (κ2) is 4.88. The third kappa shape index (κ3) is 2.66. The van der Waals surface area contributed by atoms with Crippen molar-refractivity contribution in [2.45, 2.75) is 4.90 Å². The minimum atomic E-state index is -3.84. The van der Waals surface area contributed by atoms with Gasteiger partial charge in [0.15, 0.2) is 0 Å². The molecule has 0 radical (unpaired) electrons. The van der Waals surface area contributed by atoms with E-state index in [1.165, 1.54) is 24.3 Å². The molecule has 0 fully saturated rings. The Balaban J connectivity index is 2.59. The Morgan fingerprint density at radius 3 is 2.22 bits per heavy atom. The van der Waals surface area contributed by atoms with Gasteiger partial charge in [-0.1, -0.05) is 35.9 Å². The van der Waals surface area contributed by atoms with E-state index in [0.717, 1.165) is 0 Å². The Kier molecular flexibility index (Phi) is 3.61. The molecule has 0 saturated heterocycles. The van der Waals surface area contributed by atoms with E-state index in [2.05, 4.69) is 0 Å². The Hall–Kier alpha value is -1.10. The fourth-order valence-corrected chi connectivity index (χ4v) is 2.67. The zero-order chi connectivity index (χ0) is 13.3. The molecule has 0 N–H and O–H groups in total. The summed E-state index contributed by atoms with van der Waals surface area (Å²) in [6.07, 6.45) is 0. The molecule has 2 nitrogen and oxygen atoms in total. The SMILES string of the molecule is O=S(=O)(Cl)c1ccc(-c2ccccc2F)c(Cl)c1. The molecule has 2 aromatic carbocycles. The highest BCUT2D eigenvalue weighted by molar-refractivity contribution is 8.13. The first-order valence-corrected chi connectivity index (χ1v) is 7.57. The summed E-state index contributed by atoms with van der Waals surface area (Å²) in [4.78, 5) is -0.116. The van der Waals surface area contributed by atoms with E-state index in [4.69, 9.17) is 22.3 Å². The number of benzene rings is 2. The maximum Gasteiger partial charge on any atom is 0.261 e. The van der Waals surface area contributed by atoms with Crippen LogP contribution in [0.15, 0.2) is 47.4 Å². The lowest BCUT2D eigenvalue weighted by atomic mass is 10.1. The molecule has 0 aliphatic heterocycles. The van der Waals surface area contributed by atoms with Crippen LogP contribution in [0, 0.1) is 5.82 Å². The van der Waals surface area contributed by atoms with Crippen LogP contribution in [0.4, 0.5) is 4.39 Å². The lowest BCUT2D eigenvalue weighted by molar-refractivity contribution is 0.609. The largest absolute Gasteiger partial charge is 0.261 e. The first-order valence-electron chi connectivity index (χ1n) is 4.89. The fourth-order valence-electron chi connectivity index (χ4n) is 1.55. The molecule has 0 aliphatic rings. The monoisotopic (exact) mass is 304 g/mol. The van der Waals surface area contributed by atoms with Crippen LogP contribution in [0.3, 0.4) is 0 Å². The van der Waals surface area contributed by atoms with Crippen molar-refractivity contribution in [1.82, 2.24) is 0 Å². The van der Waals surface area contributed by atoms with Crippen molar-refractivity contribution in [2.75, 3.05) is 0 Å². The highest BCUT2D eigenvalue weighted by Crippen LogP contribution is 2.32. The maximum atomic E-state index is 13.6. The van der Waals surface area contributed by atoms with Crippen LogP contribution in [0.2, 0.25) is 5.02 Å². The van der Waals surface area contributed by atoms with Gasteiger partial charge in [-0.2, -0.15) is 0 Å². The van der Waals surface area contributed by atoms with Gasteiger partial charge >= 0.3 is 0 Å². The van der Waals surface area contributed by atoms with E-state index >= 15 is 0 Å². The molecule has 2 aromatic rings. The molecule has 2 rings (SSSR count). The maximum absolute atomic E-state index is 13.6. The van der Waals surface area contributed by atoms with Gasteiger partial charge in [-0.15, -0.1) is 0 Å². The van der Waals surface area contributed by atoms with Crippen molar-refractivity contribution in [3.63, 3.8) is 0 Å². The fraction of sp³-hybridized carbons (Fsp3) is 0. The van der Waals surface area contributed by atoms with Crippen molar-refractivity contribution in [2.24, 2.45) is 0 Å². The molecule has 0 unspecified atom stereocenters. The second-order valence-electron chi connectivity index (χ2n) is 3.56. The van der Waals surface area contributed by atoms with E-state index in [9.17, 15) is 12.8 Å². The Morgan fingerprint density at radius 2 is 1.67 bits per heavy atom. The molecule has 0 heterocycles. The summed E-state index contributed by atoms with van der Waals surface area (Å²) in [6, 6.07) is 10.0. The second-order valence-corrected chi connectivity index (χ2v) is 6.53. The quantitative estimate of drug-likeness (QED) is 0.784. The topological polar surface area (TPSA) is 34.1 Å². The van der Waals surface area contributed by atoms with E-state index in [1.807, 2.05) is 0 Å². The summed E-state index contributed by atoms with van der Waals surface area (Å²) < 4.78 is 35.9. The third-order valence-electron chi connectivity index (χ3n) is 2.39. The van der Waals surface area contributed by atoms with E-state index in [1.54, 1.807) is 18.2 Å². The molecule has 0 amide bonds. The smallest absolute Gasteiger partial charge is 0.207 e. The summed E-state index contributed by atoms with van der Waals surface area (Å²) in [6.45, 7) is 0. The number of hydrogen-bond donors (Lipinski definition) is 0. The highest BCUT2D eigenvalue weighted by Gasteiger charge is 2.14. The van der Waals surface area contributed by atoms with Crippen LogP contribution in [0.25, 0.3) is 11.1 Å². The molecular weight excluding hydrogens is 298 g/mol. The van der Waals surface area contributed by atoms with Crippen LogP contribution in [0.5, 0.6) is 0 Å². The minimum absolute atomic E-state index is 0.116. The minimum Gasteiger partial charge on any atom is -0.207 e. The molecule has 0 atom stereocenters. The van der Waals surface area contributed by atoms with Crippen LogP contribution in [0.1, 0.15) is 0 Å². The average molecular weight is 305 g/mol. The van der Waals surface area contributed by atoms with E-state index < -0.39 is 14.9 Å². The van der Waals surface area contributed by atoms with Gasteiger partial charge in [0.25, 0.3) is 9.05 Å². The lowest BCUT2D eigenvalue weighted by Gasteiger charge is -2.06. The predicted octanol–water partition coefficient (Wildman–Crippen LogP) is 4.07. The van der Waals surface area contributed by atoms with Gasteiger partial charge in [-0.3, -0.25) is 0 Å². The van der Waals surface area contributed by atoms with E-state index in [-0.39, 0.29) is 9.92 Å². The van der Waals surface area contributed by atoms with Crippen molar-refractivity contribution >= 4 is 31.3 Å². The zero-order valence-electron chi connectivity index (χ0n) is 8.90. The van der Waals surface area contributed by atoms with Crippen molar-refractivity contribution < 1.29 is 12.8 Å².